The van der Waals surface area contributed by atoms with Crippen LogP contribution in [-0.2, 0) is 9.59 Å². The quantitative estimate of drug-likeness (QED) is 0.839. The molecule has 5 nitrogen and oxygen atoms in total. The van der Waals surface area contributed by atoms with Gasteiger partial charge in [0.05, 0.1) is 5.69 Å². The first-order valence-corrected chi connectivity index (χ1v) is 7.20. The maximum Gasteiger partial charge on any atom is 0.265 e. The van der Waals surface area contributed by atoms with Crippen LogP contribution in [0, 0.1) is 5.92 Å². The fourth-order valence-corrected chi connectivity index (χ4v) is 2.60. The molecule has 2 atom stereocenters. The van der Waals surface area contributed by atoms with E-state index in [4.69, 9.17) is 4.74 Å². The molecule has 0 fully saturated rings. The molecule has 5 heteroatoms. The lowest BCUT2D eigenvalue weighted by Gasteiger charge is -2.23. The van der Waals surface area contributed by atoms with Crippen LogP contribution in [-0.4, -0.2) is 17.9 Å². The van der Waals surface area contributed by atoms with E-state index in [0.29, 0.717) is 29.5 Å². The molecule has 3 rings (SSSR count). The molecule has 0 spiro atoms. The van der Waals surface area contributed by atoms with Crippen LogP contribution >= 0.6 is 0 Å². The molecule has 1 aromatic carbocycles. The summed E-state index contributed by atoms with van der Waals surface area (Å²) in [5, 5.41) is 5.64. The molecule has 0 aromatic heterocycles. The summed E-state index contributed by atoms with van der Waals surface area (Å²) >= 11 is 0. The van der Waals surface area contributed by atoms with Crippen molar-refractivity contribution in [2.75, 3.05) is 10.6 Å². The van der Waals surface area contributed by atoms with Gasteiger partial charge in [-0.1, -0.05) is 12.2 Å². The maximum absolute atomic E-state index is 12.0. The van der Waals surface area contributed by atoms with E-state index in [1.807, 2.05) is 0 Å². The van der Waals surface area contributed by atoms with E-state index in [0.717, 1.165) is 12.8 Å². The number of benzene rings is 1. The van der Waals surface area contributed by atoms with Crippen molar-refractivity contribution in [1.82, 2.24) is 0 Å². The van der Waals surface area contributed by atoms with E-state index in [1.165, 1.54) is 0 Å². The molecule has 0 bridgehead atoms. The zero-order valence-electron chi connectivity index (χ0n) is 11.9. The van der Waals surface area contributed by atoms with E-state index in [9.17, 15) is 9.59 Å². The number of rotatable bonds is 3. The van der Waals surface area contributed by atoms with Crippen molar-refractivity contribution in [1.29, 1.82) is 0 Å². The molecule has 0 saturated carbocycles. The lowest BCUT2D eigenvalue weighted by Crippen LogP contribution is -2.34. The Morgan fingerprint density at radius 1 is 1.48 bits per heavy atom. The zero-order chi connectivity index (χ0) is 14.8. The molecule has 0 saturated heterocycles. The maximum atomic E-state index is 12.0. The summed E-state index contributed by atoms with van der Waals surface area (Å²) in [5.74, 6) is 0.773. The highest BCUT2D eigenvalue weighted by molar-refractivity contribution is 5.99. The topological polar surface area (TPSA) is 67.4 Å². The Balaban J connectivity index is 1.66. The number of hydrogen-bond acceptors (Lipinski definition) is 3. The monoisotopic (exact) mass is 286 g/mol. The van der Waals surface area contributed by atoms with Crippen molar-refractivity contribution in [3.05, 3.63) is 30.4 Å². The van der Waals surface area contributed by atoms with Gasteiger partial charge in [0.15, 0.2) is 6.10 Å². The van der Waals surface area contributed by atoms with Crippen LogP contribution in [0.2, 0.25) is 0 Å². The molecular formula is C16H18N2O3. The first kappa shape index (κ1) is 13.7. The van der Waals surface area contributed by atoms with Crippen LogP contribution in [0.5, 0.6) is 5.75 Å². The highest BCUT2D eigenvalue weighted by Gasteiger charge is 2.23. The number of amides is 2. The first-order valence-electron chi connectivity index (χ1n) is 7.20. The van der Waals surface area contributed by atoms with Crippen LogP contribution in [0.25, 0.3) is 0 Å². The van der Waals surface area contributed by atoms with Gasteiger partial charge in [-0.2, -0.15) is 0 Å². The second-order valence-electron chi connectivity index (χ2n) is 5.48. The molecule has 110 valence electrons. The number of carbonyl (C=O) groups excluding carboxylic acids is 2. The predicted octanol–water partition coefficient (Wildman–Crippen LogP) is 2.70. The second kappa shape index (κ2) is 5.60. The zero-order valence-corrected chi connectivity index (χ0v) is 11.9. The molecule has 2 amide bonds. The van der Waals surface area contributed by atoms with Crippen LogP contribution in [0.3, 0.4) is 0 Å². The Morgan fingerprint density at radius 2 is 2.33 bits per heavy atom. The van der Waals surface area contributed by atoms with Crippen molar-refractivity contribution >= 4 is 23.2 Å². The SMILES string of the molecule is C[C@H]1Oc2ccc(NC(=O)C[C@H]3C=CCC3)cc2NC1=O. The summed E-state index contributed by atoms with van der Waals surface area (Å²) in [4.78, 5) is 23.6. The van der Waals surface area contributed by atoms with Crippen molar-refractivity contribution in [3.63, 3.8) is 0 Å². The number of allylic oxidation sites excluding steroid dienone is 2. The second-order valence-corrected chi connectivity index (χ2v) is 5.48. The minimum Gasteiger partial charge on any atom is -0.479 e. The van der Waals surface area contributed by atoms with Gasteiger partial charge < -0.3 is 15.4 Å². The van der Waals surface area contributed by atoms with Crippen LogP contribution < -0.4 is 15.4 Å². The average molecular weight is 286 g/mol. The Hall–Kier alpha value is -2.30. The largest absolute Gasteiger partial charge is 0.479 e. The van der Waals surface area contributed by atoms with Crippen LogP contribution in [0.1, 0.15) is 26.2 Å². The van der Waals surface area contributed by atoms with Crippen molar-refractivity contribution in [2.24, 2.45) is 5.92 Å². The molecule has 0 unspecified atom stereocenters. The van der Waals surface area contributed by atoms with Gasteiger partial charge in [-0.3, -0.25) is 9.59 Å². The van der Waals surface area contributed by atoms with E-state index < -0.39 is 6.10 Å². The standard InChI is InChI=1S/C16H18N2O3/c1-10-16(20)18-13-9-12(6-7-14(13)21-10)17-15(19)8-11-4-2-3-5-11/h2,4,6-7,9-11H,3,5,8H2,1H3,(H,17,19)(H,18,20)/t10-,11+/m1/s1. The first-order chi connectivity index (χ1) is 10.1. The molecule has 2 N–H and O–H groups in total. The molecule has 0 radical (unpaired) electrons. The summed E-state index contributed by atoms with van der Waals surface area (Å²) in [7, 11) is 0. The van der Waals surface area contributed by atoms with E-state index in [2.05, 4.69) is 22.8 Å². The summed E-state index contributed by atoms with van der Waals surface area (Å²) in [6.45, 7) is 1.70. The van der Waals surface area contributed by atoms with Gasteiger partial charge in [-0.15, -0.1) is 0 Å². The molecule has 1 heterocycles. The molecule has 1 aliphatic carbocycles. The van der Waals surface area contributed by atoms with Gasteiger partial charge in [0.25, 0.3) is 5.91 Å². The van der Waals surface area contributed by atoms with Crippen LogP contribution in [0.4, 0.5) is 11.4 Å². The third-order valence-corrected chi connectivity index (χ3v) is 3.75. The fraction of sp³-hybridized carbons (Fsp3) is 0.375. The third-order valence-electron chi connectivity index (χ3n) is 3.75. The Kier molecular flexibility index (Phi) is 3.64. The van der Waals surface area contributed by atoms with Gasteiger partial charge >= 0.3 is 0 Å². The minimum atomic E-state index is -0.493. The minimum absolute atomic E-state index is 0.0112. The predicted molar refractivity (Wildman–Crippen MR) is 80.3 cm³/mol. The normalized spacial score (nSPS) is 23.2. The van der Waals surface area contributed by atoms with Crippen molar-refractivity contribution < 1.29 is 14.3 Å². The summed E-state index contributed by atoms with van der Waals surface area (Å²) in [6.07, 6.45) is 6.31. The fourth-order valence-electron chi connectivity index (χ4n) is 2.60. The molecule has 21 heavy (non-hydrogen) atoms. The number of fused-ring (bicyclic) bond motifs is 1. The molecule has 1 aromatic rings. The van der Waals surface area contributed by atoms with E-state index in [-0.39, 0.29) is 11.8 Å². The molecule has 2 aliphatic rings. The van der Waals surface area contributed by atoms with Crippen molar-refractivity contribution in [2.45, 2.75) is 32.3 Å². The summed E-state index contributed by atoms with van der Waals surface area (Å²) in [6, 6.07) is 5.27. The third kappa shape index (κ3) is 3.07. The van der Waals surface area contributed by atoms with Gasteiger partial charge in [0.1, 0.15) is 5.75 Å². The highest BCUT2D eigenvalue weighted by atomic mass is 16.5. The number of hydrogen-bond donors (Lipinski definition) is 2. The number of ether oxygens (including phenoxy) is 1. The number of anilines is 2. The molecular weight excluding hydrogens is 268 g/mol. The summed E-state index contributed by atoms with van der Waals surface area (Å²) in [5.41, 5.74) is 1.26. The Labute approximate surface area is 123 Å². The Morgan fingerprint density at radius 3 is 3.10 bits per heavy atom. The lowest BCUT2D eigenvalue weighted by molar-refractivity contribution is -0.122. The molecule has 1 aliphatic heterocycles. The van der Waals surface area contributed by atoms with E-state index in [1.54, 1.807) is 25.1 Å². The van der Waals surface area contributed by atoms with Gasteiger partial charge in [0, 0.05) is 12.1 Å². The average Bonchev–Trinajstić information content (AvgIpc) is 2.93. The van der Waals surface area contributed by atoms with Crippen LogP contribution in [0.15, 0.2) is 30.4 Å². The van der Waals surface area contributed by atoms with Crippen molar-refractivity contribution in [3.8, 4) is 5.75 Å². The Bertz CT molecular complexity index is 610. The van der Waals surface area contributed by atoms with Gasteiger partial charge in [-0.05, 0) is 43.9 Å². The van der Waals surface area contributed by atoms with Gasteiger partial charge in [0.2, 0.25) is 5.91 Å². The smallest absolute Gasteiger partial charge is 0.265 e. The lowest BCUT2D eigenvalue weighted by atomic mass is 10.0. The number of carbonyl (C=O) groups is 2. The highest BCUT2D eigenvalue weighted by Crippen LogP contribution is 2.32. The number of nitrogens with one attached hydrogen (secondary N) is 2. The van der Waals surface area contributed by atoms with Gasteiger partial charge in [-0.25, -0.2) is 0 Å². The summed E-state index contributed by atoms with van der Waals surface area (Å²) < 4.78 is 5.48. The van der Waals surface area contributed by atoms with E-state index >= 15 is 0 Å².